The molecule has 0 bridgehead atoms. The number of carbonyl (C=O) groups is 3. The normalized spacial score (nSPS) is 14.1. The lowest BCUT2D eigenvalue weighted by Gasteiger charge is -2.21. The molecule has 1 N–H and O–H groups in total. The highest BCUT2D eigenvalue weighted by Crippen LogP contribution is 2.13. The second-order valence-electron chi connectivity index (χ2n) is 5.35. The Morgan fingerprint density at radius 3 is 2.78 bits per heavy atom. The lowest BCUT2D eigenvalue weighted by atomic mass is 10.2. The van der Waals surface area contributed by atoms with Crippen molar-refractivity contribution in [1.82, 2.24) is 15.1 Å². The van der Waals surface area contributed by atoms with Gasteiger partial charge >= 0.3 is 6.03 Å². The maximum atomic E-state index is 12.3. The van der Waals surface area contributed by atoms with Crippen LogP contribution < -0.4 is 5.32 Å². The number of nitrogens with one attached hydrogen (secondary N) is 1. The zero-order valence-corrected chi connectivity index (χ0v) is 13.8. The van der Waals surface area contributed by atoms with E-state index >= 15 is 0 Å². The Morgan fingerprint density at radius 1 is 1.39 bits per heavy atom. The van der Waals surface area contributed by atoms with Crippen molar-refractivity contribution in [1.29, 1.82) is 0 Å². The second-order valence-corrected chi connectivity index (χ2v) is 5.78. The molecule has 0 saturated carbocycles. The number of halogens is 1. The lowest BCUT2D eigenvalue weighted by molar-refractivity contribution is -0.132. The molecule has 1 aromatic carbocycles. The Hall–Kier alpha value is -2.08. The third kappa shape index (κ3) is 4.69. The fourth-order valence-electron chi connectivity index (χ4n) is 2.46. The second kappa shape index (κ2) is 7.97. The van der Waals surface area contributed by atoms with Gasteiger partial charge in [0, 0.05) is 31.1 Å². The van der Waals surface area contributed by atoms with Crippen LogP contribution in [0.25, 0.3) is 0 Å². The van der Waals surface area contributed by atoms with Gasteiger partial charge in [-0.05, 0) is 31.0 Å². The first-order valence-electron chi connectivity index (χ1n) is 7.61. The molecule has 1 heterocycles. The minimum atomic E-state index is -0.381. The van der Waals surface area contributed by atoms with Crippen LogP contribution in [-0.2, 0) is 16.1 Å². The van der Waals surface area contributed by atoms with Crippen molar-refractivity contribution >= 4 is 29.4 Å². The molecule has 4 amide bonds. The Kier molecular flexibility index (Phi) is 5.98. The SMILES string of the molecule is CCN(Cc1cccc(Cl)c1)C(=O)CCCN1C(=O)CNC1=O. The van der Waals surface area contributed by atoms with Gasteiger partial charge in [-0.2, -0.15) is 0 Å². The fourth-order valence-corrected chi connectivity index (χ4v) is 2.67. The molecule has 0 aromatic heterocycles. The predicted molar refractivity (Wildman–Crippen MR) is 86.9 cm³/mol. The van der Waals surface area contributed by atoms with Crippen molar-refractivity contribution in [2.75, 3.05) is 19.6 Å². The summed E-state index contributed by atoms with van der Waals surface area (Å²) in [5, 5.41) is 3.10. The molecule has 0 unspecified atom stereocenters. The lowest BCUT2D eigenvalue weighted by Crippen LogP contribution is -2.34. The van der Waals surface area contributed by atoms with E-state index in [2.05, 4.69) is 5.32 Å². The van der Waals surface area contributed by atoms with E-state index in [0.29, 0.717) is 31.0 Å². The quantitative estimate of drug-likeness (QED) is 0.774. The molecule has 1 aliphatic heterocycles. The van der Waals surface area contributed by atoms with Gasteiger partial charge in [0.15, 0.2) is 0 Å². The van der Waals surface area contributed by atoms with Gasteiger partial charge in [0.25, 0.3) is 0 Å². The summed E-state index contributed by atoms with van der Waals surface area (Å²) >= 11 is 5.96. The first-order valence-corrected chi connectivity index (χ1v) is 7.99. The fraction of sp³-hybridized carbons (Fsp3) is 0.438. The minimum Gasteiger partial charge on any atom is -0.339 e. The number of carbonyl (C=O) groups excluding carboxylic acids is 3. The van der Waals surface area contributed by atoms with Crippen LogP contribution in [0.3, 0.4) is 0 Å². The van der Waals surface area contributed by atoms with E-state index in [-0.39, 0.29) is 30.9 Å². The van der Waals surface area contributed by atoms with Crippen molar-refractivity contribution < 1.29 is 14.4 Å². The zero-order chi connectivity index (χ0) is 16.8. The van der Waals surface area contributed by atoms with Gasteiger partial charge in [-0.15, -0.1) is 0 Å². The van der Waals surface area contributed by atoms with Gasteiger partial charge < -0.3 is 10.2 Å². The molecule has 1 aromatic rings. The number of imide groups is 1. The van der Waals surface area contributed by atoms with Gasteiger partial charge in [-0.25, -0.2) is 4.79 Å². The number of amides is 4. The van der Waals surface area contributed by atoms with Crippen LogP contribution in [0.2, 0.25) is 5.02 Å². The van der Waals surface area contributed by atoms with E-state index in [1.807, 2.05) is 25.1 Å². The topological polar surface area (TPSA) is 69.7 Å². The first kappa shape index (κ1) is 17.3. The number of benzene rings is 1. The number of nitrogens with zero attached hydrogens (tertiary/aromatic N) is 2. The molecule has 0 radical (unpaired) electrons. The van der Waals surface area contributed by atoms with Gasteiger partial charge in [0.05, 0.1) is 6.54 Å². The first-order chi connectivity index (χ1) is 11.0. The van der Waals surface area contributed by atoms with Gasteiger partial charge in [-0.1, -0.05) is 23.7 Å². The van der Waals surface area contributed by atoms with Crippen molar-refractivity contribution in [3.8, 4) is 0 Å². The molecular formula is C16H20ClN3O3. The average Bonchev–Trinajstić information content (AvgIpc) is 2.84. The summed E-state index contributed by atoms with van der Waals surface area (Å²) in [5.41, 5.74) is 0.974. The van der Waals surface area contributed by atoms with Crippen LogP contribution in [-0.4, -0.2) is 47.3 Å². The van der Waals surface area contributed by atoms with E-state index in [4.69, 9.17) is 11.6 Å². The van der Waals surface area contributed by atoms with Crippen molar-refractivity contribution in [3.05, 3.63) is 34.9 Å². The van der Waals surface area contributed by atoms with Gasteiger partial charge in [-0.3, -0.25) is 14.5 Å². The van der Waals surface area contributed by atoms with Gasteiger partial charge in [0.1, 0.15) is 0 Å². The number of hydrogen-bond acceptors (Lipinski definition) is 3. The van der Waals surface area contributed by atoms with Crippen molar-refractivity contribution in [3.63, 3.8) is 0 Å². The summed E-state index contributed by atoms with van der Waals surface area (Å²) in [5.74, 6) is -0.242. The Labute approximate surface area is 140 Å². The number of urea groups is 1. The van der Waals surface area contributed by atoms with E-state index < -0.39 is 0 Å². The van der Waals surface area contributed by atoms with E-state index in [0.717, 1.165) is 10.5 Å². The molecule has 1 fully saturated rings. The standard InChI is InChI=1S/C16H20ClN3O3/c1-2-19(11-12-5-3-6-13(17)9-12)14(21)7-4-8-20-15(22)10-18-16(20)23/h3,5-6,9H,2,4,7-8,10-11H2,1H3,(H,18,23). The van der Waals surface area contributed by atoms with Crippen LogP contribution in [0.4, 0.5) is 4.79 Å². The Bertz CT molecular complexity index is 590. The molecule has 0 atom stereocenters. The van der Waals surface area contributed by atoms with Crippen LogP contribution in [0.1, 0.15) is 25.3 Å². The maximum absolute atomic E-state index is 12.3. The summed E-state index contributed by atoms with van der Waals surface area (Å²) < 4.78 is 0. The predicted octanol–water partition coefficient (Wildman–Crippen LogP) is 2.02. The summed E-state index contributed by atoms with van der Waals surface area (Å²) in [6.07, 6.45) is 0.759. The van der Waals surface area contributed by atoms with Gasteiger partial charge in [0.2, 0.25) is 11.8 Å². The zero-order valence-electron chi connectivity index (χ0n) is 13.0. The average molecular weight is 338 g/mol. The van der Waals surface area contributed by atoms with E-state index in [1.165, 1.54) is 0 Å². The minimum absolute atomic E-state index is 0.000436. The molecule has 7 heteroatoms. The highest BCUT2D eigenvalue weighted by molar-refractivity contribution is 6.30. The molecule has 1 saturated heterocycles. The third-order valence-corrected chi connectivity index (χ3v) is 3.94. The van der Waals surface area contributed by atoms with E-state index in [1.54, 1.807) is 11.0 Å². The Morgan fingerprint density at radius 2 is 2.17 bits per heavy atom. The molecule has 0 aliphatic carbocycles. The number of hydrogen-bond donors (Lipinski definition) is 1. The van der Waals surface area contributed by atoms with Crippen molar-refractivity contribution in [2.24, 2.45) is 0 Å². The maximum Gasteiger partial charge on any atom is 0.324 e. The van der Waals surface area contributed by atoms with E-state index in [9.17, 15) is 14.4 Å². The molecule has 2 rings (SSSR count). The molecule has 23 heavy (non-hydrogen) atoms. The highest BCUT2D eigenvalue weighted by atomic mass is 35.5. The smallest absolute Gasteiger partial charge is 0.324 e. The molecule has 6 nitrogen and oxygen atoms in total. The summed E-state index contributed by atoms with van der Waals surface area (Å²) in [6, 6.07) is 7.03. The number of rotatable bonds is 7. The summed E-state index contributed by atoms with van der Waals surface area (Å²) in [7, 11) is 0. The monoisotopic (exact) mass is 337 g/mol. The van der Waals surface area contributed by atoms with Crippen molar-refractivity contribution in [2.45, 2.75) is 26.3 Å². The largest absolute Gasteiger partial charge is 0.339 e. The van der Waals surface area contributed by atoms with Crippen LogP contribution in [0, 0.1) is 0 Å². The summed E-state index contributed by atoms with van der Waals surface area (Å²) in [6.45, 7) is 3.32. The van der Waals surface area contributed by atoms with Crippen LogP contribution in [0.5, 0.6) is 0 Å². The third-order valence-electron chi connectivity index (χ3n) is 3.71. The highest BCUT2D eigenvalue weighted by Gasteiger charge is 2.27. The Balaban J connectivity index is 1.83. The molecule has 0 spiro atoms. The molecular weight excluding hydrogens is 318 g/mol. The molecule has 124 valence electrons. The van der Waals surface area contributed by atoms with Crippen LogP contribution >= 0.6 is 11.6 Å². The van der Waals surface area contributed by atoms with Crippen LogP contribution in [0.15, 0.2) is 24.3 Å². The summed E-state index contributed by atoms with van der Waals surface area (Å²) in [4.78, 5) is 38.0. The molecule has 1 aliphatic rings.